The number of rotatable bonds is 1. The molecule has 1 atom stereocenters. The molecule has 9 heavy (non-hydrogen) atoms. The number of nitrogens with zero attached hydrogens (tertiary/aromatic N) is 1. The van der Waals surface area contributed by atoms with Gasteiger partial charge in [-0.05, 0) is 26.9 Å². The molecule has 0 aromatic heterocycles. The summed E-state index contributed by atoms with van der Waals surface area (Å²) in [7, 11) is 0. The molecule has 1 N–H and O–H groups in total. The number of hydrogen-bond donors (Lipinski definition) is 1. The molecule has 3 heteroatoms. The van der Waals surface area contributed by atoms with Crippen molar-refractivity contribution >= 4 is 12.4 Å². The highest BCUT2D eigenvalue weighted by Gasteiger charge is 2.14. The molecule has 1 heterocycles. The highest BCUT2D eigenvalue weighted by atomic mass is 35.5. The van der Waals surface area contributed by atoms with Crippen molar-refractivity contribution in [2.75, 3.05) is 27.0 Å². The largest absolute Gasteiger partial charge is 0.315 e. The van der Waals surface area contributed by atoms with E-state index < -0.39 is 20.0 Å². The van der Waals surface area contributed by atoms with E-state index in [1.54, 1.807) is 0 Å². The van der Waals surface area contributed by atoms with Gasteiger partial charge in [-0.3, -0.25) is 0 Å². The molecular weight excluding hydrogens is 136 g/mol. The Bertz CT molecular complexity index is 183. The second-order valence-corrected chi connectivity index (χ2v) is 2.02. The van der Waals surface area contributed by atoms with Crippen molar-refractivity contribution in [3.63, 3.8) is 0 Å². The molecule has 2 nitrogen and oxygen atoms in total. The standard InChI is InChI=1S/C6H14N2.ClH/c1-8(2)6-3-4-7-5-6;/h6-7H,3-5H2,1-2H3;1H/i1D3,2D3;. The van der Waals surface area contributed by atoms with Crippen LogP contribution in [0.1, 0.15) is 14.6 Å². The minimum absolute atomic E-state index is 0. The Morgan fingerprint density at radius 3 is 2.89 bits per heavy atom. The molecule has 0 aromatic carbocycles. The summed E-state index contributed by atoms with van der Waals surface area (Å²) in [5.74, 6) is 0. The summed E-state index contributed by atoms with van der Waals surface area (Å²) in [5, 5.41) is 2.96. The van der Waals surface area contributed by atoms with Gasteiger partial charge < -0.3 is 10.2 Å². The lowest BCUT2D eigenvalue weighted by atomic mass is 10.2. The van der Waals surface area contributed by atoms with Crippen LogP contribution in [0.25, 0.3) is 0 Å². The van der Waals surface area contributed by atoms with Crippen LogP contribution in [0, 0.1) is 0 Å². The average molecular weight is 157 g/mol. The van der Waals surface area contributed by atoms with Crippen molar-refractivity contribution in [2.45, 2.75) is 12.5 Å². The van der Waals surface area contributed by atoms with Crippen molar-refractivity contribution in [1.29, 1.82) is 0 Å². The number of halogens is 1. The van der Waals surface area contributed by atoms with Gasteiger partial charge in [0, 0.05) is 20.8 Å². The quantitative estimate of drug-likeness (QED) is 0.589. The summed E-state index contributed by atoms with van der Waals surface area (Å²) >= 11 is 0. The van der Waals surface area contributed by atoms with Crippen LogP contribution in [0.2, 0.25) is 0 Å². The Hall–Kier alpha value is 0.210. The normalized spacial score (nSPS) is 39.0. The number of hydrogen-bond acceptors (Lipinski definition) is 2. The van der Waals surface area contributed by atoms with Crippen LogP contribution in [0.4, 0.5) is 0 Å². The zero-order valence-electron chi connectivity index (χ0n) is 11.1. The Balaban J connectivity index is 0.00000196. The van der Waals surface area contributed by atoms with Gasteiger partial charge in [-0.15, -0.1) is 12.4 Å². The SMILES string of the molecule is Cl.[2H]C([2H])([2H])N(C1CCNC1)C([2H])([2H])[2H]. The van der Waals surface area contributed by atoms with Crippen molar-refractivity contribution < 1.29 is 8.22 Å². The minimum atomic E-state index is -2.55. The van der Waals surface area contributed by atoms with Crippen molar-refractivity contribution in [3.05, 3.63) is 0 Å². The van der Waals surface area contributed by atoms with E-state index in [-0.39, 0.29) is 12.4 Å². The third-order valence-electron chi connectivity index (χ3n) is 1.40. The van der Waals surface area contributed by atoms with Crippen molar-refractivity contribution in [3.8, 4) is 0 Å². The van der Waals surface area contributed by atoms with E-state index in [1.807, 2.05) is 0 Å². The van der Waals surface area contributed by atoms with Gasteiger partial charge in [0.05, 0.1) is 0 Å². The number of likely N-dealkylation sites (N-methyl/N-ethyl adjacent to an activating group) is 1. The summed E-state index contributed by atoms with van der Waals surface area (Å²) in [5.41, 5.74) is 0. The first-order valence-electron chi connectivity index (χ1n) is 5.73. The minimum Gasteiger partial charge on any atom is -0.315 e. The zero-order valence-corrected chi connectivity index (χ0v) is 5.87. The first-order chi connectivity index (χ1) is 6.23. The van der Waals surface area contributed by atoms with E-state index in [4.69, 9.17) is 8.22 Å². The van der Waals surface area contributed by atoms with Crippen LogP contribution < -0.4 is 5.32 Å². The molecule has 0 radical (unpaired) electrons. The molecular formula is C6H15ClN2. The van der Waals surface area contributed by atoms with E-state index in [1.165, 1.54) is 0 Å². The molecule has 0 aromatic rings. The van der Waals surface area contributed by atoms with Crippen LogP contribution in [-0.2, 0) is 0 Å². The molecule has 0 saturated carbocycles. The summed E-state index contributed by atoms with van der Waals surface area (Å²) in [4.78, 5) is 0.653. The molecule has 0 bridgehead atoms. The van der Waals surface area contributed by atoms with Crippen LogP contribution in [0.15, 0.2) is 0 Å². The third kappa shape index (κ3) is 2.52. The Morgan fingerprint density at radius 2 is 2.44 bits per heavy atom. The maximum Gasteiger partial charge on any atom is 0.0394 e. The number of nitrogens with one attached hydrogen (secondary N) is 1. The molecule has 1 unspecified atom stereocenters. The fraction of sp³-hybridized carbons (Fsp3) is 1.00. The highest BCUT2D eigenvalue weighted by Crippen LogP contribution is 2.01. The van der Waals surface area contributed by atoms with Gasteiger partial charge in [-0.1, -0.05) is 0 Å². The summed E-state index contributed by atoms with van der Waals surface area (Å²) in [6.45, 7) is -4.01. The fourth-order valence-corrected chi connectivity index (χ4v) is 0.860. The first kappa shape index (κ1) is 3.07. The Morgan fingerprint density at radius 1 is 1.67 bits per heavy atom. The topological polar surface area (TPSA) is 15.3 Å². The maximum atomic E-state index is 7.18. The molecule has 0 spiro atoms. The predicted octanol–water partition coefficient (Wildman–Crippen LogP) is 0.332. The van der Waals surface area contributed by atoms with E-state index >= 15 is 0 Å². The molecule has 56 valence electrons. The second-order valence-electron chi connectivity index (χ2n) is 2.02. The third-order valence-corrected chi connectivity index (χ3v) is 1.40. The van der Waals surface area contributed by atoms with Crippen LogP contribution in [-0.4, -0.2) is 38.0 Å². The molecule has 1 aliphatic heterocycles. The van der Waals surface area contributed by atoms with E-state index in [2.05, 4.69) is 5.32 Å². The average Bonchev–Trinajstić information content (AvgIpc) is 2.31. The Kier molecular flexibility index (Phi) is 1.40. The summed E-state index contributed by atoms with van der Waals surface area (Å²) in [6.07, 6.45) is 0.566. The second kappa shape index (κ2) is 4.09. The molecule has 1 aliphatic rings. The monoisotopic (exact) mass is 156 g/mol. The first-order valence-corrected chi connectivity index (χ1v) is 2.73. The molecule has 0 aliphatic carbocycles. The Labute approximate surface area is 71.5 Å². The molecule has 0 amide bonds. The lowest BCUT2D eigenvalue weighted by molar-refractivity contribution is 0.313. The predicted molar refractivity (Wildman–Crippen MR) is 42.2 cm³/mol. The van der Waals surface area contributed by atoms with Crippen molar-refractivity contribution in [2.24, 2.45) is 0 Å². The van der Waals surface area contributed by atoms with Crippen LogP contribution in [0.5, 0.6) is 0 Å². The van der Waals surface area contributed by atoms with Crippen molar-refractivity contribution in [1.82, 2.24) is 10.2 Å². The van der Waals surface area contributed by atoms with Crippen LogP contribution >= 0.6 is 12.4 Å². The van der Waals surface area contributed by atoms with E-state index in [9.17, 15) is 0 Å². The fourth-order valence-electron chi connectivity index (χ4n) is 0.860. The summed E-state index contributed by atoms with van der Waals surface area (Å²) in [6, 6.07) is -0.421. The van der Waals surface area contributed by atoms with Gasteiger partial charge in [0.25, 0.3) is 0 Å². The van der Waals surface area contributed by atoms with E-state index in [0.717, 1.165) is 0 Å². The van der Waals surface area contributed by atoms with Gasteiger partial charge in [0.2, 0.25) is 0 Å². The molecule has 1 saturated heterocycles. The van der Waals surface area contributed by atoms with Gasteiger partial charge >= 0.3 is 0 Å². The smallest absolute Gasteiger partial charge is 0.0394 e. The van der Waals surface area contributed by atoms with Gasteiger partial charge in [0.15, 0.2) is 0 Å². The lowest BCUT2D eigenvalue weighted by Crippen LogP contribution is -2.29. The molecule has 1 fully saturated rings. The molecule has 1 rings (SSSR count). The van der Waals surface area contributed by atoms with E-state index in [0.29, 0.717) is 24.4 Å². The van der Waals surface area contributed by atoms with Gasteiger partial charge in [-0.25, -0.2) is 0 Å². The maximum absolute atomic E-state index is 7.18. The highest BCUT2D eigenvalue weighted by molar-refractivity contribution is 5.85. The lowest BCUT2D eigenvalue weighted by Gasteiger charge is -2.16. The van der Waals surface area contributed by atoms with Gasteiger partial charge in [-0.2, -0.15) is 0 Å². The summed E-state index contributed by atoms with van der Waals surface area (Å²) < 4.78 is 43.1. The van der Waals surface area contributed by atoms with Crippen LogP contribution in [0.3, 0.4) is 0 Å². The van der Waals surface area contributed by atoms with Gasteiger partial charge in [0.1, 0.15) is 0 Å². The zero-order chi connectivity index (χ0) is 11.0.